The molecule has 1 amide bonds. The van der Waals surface area contributed by atoms with Gasteiger partial charge in [0.15, 0.2) is 0 Å². The Labute approximate surface area is 182 Å². The van der Waals surface area contributed by atoms with Crippen LogP contribution in [0.1, 0.15) is 50.4 Å². The van der Waals surface area contributed by atoms with Crippen molar-refractivity contribution in [3.8, 4) is 0 Å². The number of carbonyl (C=O) groups is 1. The van der Waals surface area contributed by atoms with Gasteiger partial charge in [-0.15, -0.1) is 0 Å². The summed E-state index contributed by atoms with van der Waals surface area (Å²) in [5, 5.41) is 4.31. The second kappa shape index (κ2) is 10.7. The Balaban J connectivity index is 1.67. The van der Waals surface area contributed by atoms with Crippen molar-refractivity contribution in [3.05, 3.63) is 63.9 Å². The zero-order valence-electron chi connectivity index (χ0n) is 16.8. The Morgan fingerprint density at radius 2 is 1.79 bits per heavy atom. The number of para-hydroxylation sites is 2. The average Bonchev–Trinajstić information content (AvgIpc) is 3.05. The van der Waals surface area contributed by atoms with E-state index in [9.17, 15) is 4.79 Å². The third-order valence-corrected chi connectivity index (χ3v) is 5.70. The minimum Gasteiger partial charge on any atom is -0.356 e. The number of fused-ring (bicyclic) bond motifs is 1. The van der Waals surface area contributed by atoms with E-state index in [2.05, 4.69) is 16.0 Å². The van der Waals surface area contributed by atoms with Crippen LogP contribution in [0.25, 0.3) is 11.0 Å². The van der Waals surface area contributed by atoms with E-state index in [1.807, 2.05) is 43.3 Å². The van der Waals surface area contributed by atoms with E-state index in [1.54, 1.807) is 0 Å². The van der Waals surface area contributed by atoms with Gasteiger partial charge in [-0.25, -0.2) is 4.98 Å². The van der Waals surface area contributed by atoms with Crippen molar-refractivity contribution in [1.29, 1.82) is 0 Å². The highest BCUT2D eigenvalue weighted by molar-refractivity contribution is 6.36. The van der Waals surface area contributed by atoms with Crippen molar-refractivity contribution in [1.82, 2.24) is 14.9 Å². The third kappa shape index (κ3) is 5.74. The molecule has 2 aromatic carbocycles. The number of nitrogens with zero attached hydrogens (tertiary/aromatic N) is 2. The topological polar surface area (TPSA) is 46.9 Å². The molecule has 3 aromatic rings. The van der Waals surface area contributed by atoms with Gasteiger partial charge >= 0.3 is 0 Å². The molecule has 1 N–H and O–H groups in total. The summed E-state index contributed by atoms with van der Waals surface area (Å²) in [4.78, 5) is 16.4. The number of halogens is 2. The first-order valence-corrected chi connectivity index (χ1v) is 11.0. The minimum absolute atomic E-state index is 0.144. The zero-order chi connectivity index (χ0) is 20.6. The first-order valence-electron chi connectivity index (χ1n) is 10.2. The van der Waals surface area contributed by atoms with Crippen LogP contribution in [0.4, 0.5) is 0 Å². The van der Waals surface area contributed by atoms with Crippen LogP contribution in [0.2, 0.25) is 10.0 Å². The molecule has 0 fully saturated rings. The Morgan fingerprint density at radius 3 is 2.55 bits per heavy atom. The van der Waals surface area contributed by atoms with E-state index in [0.717, 1.165) is 61.1 Å². The van der Waals surface area contributed by atoms with Crippen LogP contribution < -0.4 is 5.32 Å². The highest BCUT2D eigenvalue weighted by atomic mass is 35.5. The van der Waals surface area contributed by atoms with Crippen LogP contribution in [-0.2, 0) is 17.8 Å². The quantitative estimate of drug-likeness (QED) is 0.398. The number of amides is 1. The standard InChI is InChI=1S/C23H27Cl2N3O/c1-2-9-23(29)26-15-7-3-4-14-22-27-20-12-5-6-13-21(20)28(22)16-17-18(24)10-8-11-19(17)25/h5-6,8,10-13H,2-4,7,9,14-16H2,1H3,(H,26,29). The maximum absolute atomic E-state index is 11.5. The molecule has 154 valence electrons. The monoisotopic (exact) mass is 431 g/mol. The number of rotatable bonds is 10. The molecule has 4 nitrogen and oxygen atoms in total. The van der Waals surface area contributed by atoms with Gasteiger partial charge in [0, 0.05) is 35.0 Å². The molecule has 29 heavy (non-hydrogen) atoms. The largest absolute Gasteiger partial charge is 0.356 e. The number of unbranched alkanes of at least 4 members (excludes halogenated alkanes) is 2. The first kappa shape index (κ1) is 21.7. The van der Waals surface area contributed by atoms with Crippen molar-refractivity contribution in [2.45, 2.75) is 52.0 Å². The van der Waals surface area contributed by atoms with Gasteiger partial charge in [-0.1, -0.05) is 54.7 Å². The molecule has 1 heterocycles. The predicted molar refractivity (Wildman–Crippen MR) is 121 cm³/mol. The molecular weight excluding hydrogens is 405 g/mol. The number of hydrogen-bond acceptors (Lipinski definition) is 2. The lowest BCUT2D eigenvalue weighted by molar-refractivity contribution is -0.121. The lowest BCUT2D eigenvalue weighted by Gasteiger charge is -2.12. The fourth-order valence-corrected chi connectivity index (χ4v) is 3.98. The summed E-state index contributed by atoms with van der Waals surface area (Å²) in [5.41, 5.74) is 2.99. The molecule has 0 aliphatic heterocycles. The Bertz CT molecular complexity index is 948. The van der Waals surface area contributed by atoms with Crippen molar-refractivity contribution in [3.63, 3.8) is 0 Å². The van der Waals surface area contributed by atoms with Gasteiger partial charge in [-0.3, -0.25) is 4.79 Å². The minimum atomic E-state index is 0.144. The van der Waals surface area contributed by atoms with E-state index < -0.39 is 0 Å². The van der Waals surface area contributed by atoms with Gasteiger partial charge in [-0.2, -0.15) is 0 Å². The molecule has 0 bridgehead atoms. The van der Waals surface area contributed by atoms with Crippen LogP contribution in [0.15, 0.2) is 42.5 Å². The summed E-state index contributed by atoms with van der Waals surface area (Å²) >= 11 is 12.8. The first-order chi connectivity index (χ1) is 14.1. The summed E-state index contributed by atoms with van der Waals surface area (Å²) in [5.74, 6) is 1.18. The number of benzene rings is 2. The number of hydrogen-bond donors (Lipinski definition) is 1. The van der Waals surface area contributed by atoms with Crippen LogP contribution in [-0.4, -0.2) is 22.0 Å². The summed E-state index contributed by atoms with van der Waals surface area (Å²) in [6.07, 6.45) is 5.41. The smallest absolute Gasteiger partial charge is 0.219 e. The fourth-order valence-electron chi connectivity index (χ4n) is 3.46. The normalized spacial score (nSPS) is 11.1. The molecular formula is C23H27Cl2N3O. The predicted octanol–water partition coefficient (Wildman–Crippen LogP) is 6.02. The summed E-state index contributed by atoms with van der Waals surface area (Å²) in [6, 6.07) is 13.7. The van der Waals surface area contributed by atoms with Crippen LogP contribution in [0.3, 0.4) is 0 Å². The van der Waals surface area contributed by atoms with Crippen LogP contribution in [0.5, 0.6) is 0 Å². The molecule has 0 saturated carbocycles. The molecule has 0 radical (unpaired) electrons. The van der Waals surface area contributed by atoms with Crippen molar-refractivity contribution in [2.75, 3.05) is 6.54 Å². The molecule has 1 aromatic heterocycles. The molecule has 0 atom stereocenters. The Morgan fingerprint density at radius 1 is 1.03 bits per heavy atom. The highest BCUT2D eigenvalue weighted by Gasteiger charge is 2.14. The molecule has 6 heteroatoms. The average molecular weight is 432 g/mol. The van der Waals surface area contributed by atoms with Gasteiger partial charge in [0.25, 0.3) is 0 Å². The molecule has 0 saturated heterocycles. The van der Waals surface area contributed by atoms with E-state index in [0.29, 0.717) is 23.0 Å². The van der Waals surface area contributed by atoms with Crippen LogP contribution >= 0.6 is 23.2 Å². The number of aromatic nitrogens is 2. The van der Waals surface area contributed by atoms with Crippen molar-refractivity contribution < 1.29 is 4.79 Å². The lowest BCUT2D eigenvalue weighted by Crippen LogP contribution is -2.23. The lowest BCUT2D eigenvalue weighted by atomic mass is 10.1. The highest BCUT2D eigenvalue weighted by Crippen LogP contribution is 2.28. The van der Waals surface area contributed by atoms with E-state index in [4.69, 9.17) is 28.2 Å². The van der Waals surface area contributed by atoms with Gasteiger partial charge in [0.2, 0.25) is 5.91 Å². The van der Waals surface area contributed by atoms with Gasteiger partial charge in [0.1, 0.15) is 5.82 Å². The molecule has 0 aliphatic rings. The van der Waals surface area contributed by atoms with E-state index in [1.165, 1.54) is 0 Å². The van der Waals surface area contributed by atoms with Gasteiger partial charge < -0.3 is 9.88 Å². The number of nitrogens with one attached hydrogen (secondary N) is 1. The SMILES string of the molecule is CCCC(=O)NCCCCCc1nc2ccccc2n1Cc1c(Cl)cccc1Cl. The number of aryl methyl sites for hydroxylation is 1. The zero-order valence-corrected chi connectivity index (χ0v) is 18.3. The van der Waals surface area contributed by atoms with Crippen LogP contribution in [0, 0.1) is 0 Å². The molecule has 0 aliphatic carbocycles. The second-order valence-corrected chi connectivity index (χ2v) is 8.03. The Kier molecular flexibility index (Phi) is 7.96. The van der Waals surface area contributed by atoms with E-state index >= 15 is 0 Å². The summed E-state index contributed by atoms with van der Waals surface area (Å²) in [6.45, 7) is 3.35. The summed E-state index contributed by atoms with van der Waals surface area (Å²) in [7, 11) is 0. The maximum Gasteiger partial charge on any atom is 0.219 e. The Hall–Kier alpha value is -2.04. The van der Waals surface area contributed by atoms with E-state index in [-0.39, 0.29) is 5.91 Å². The molecule has 0 spiro atoms. The fraction of sp³-hybridized carbons (Fsp3) is 0.391. The number of carbonyl (C=O) groups excluding carboxylic acids is 1. The molecule has 3 rings (SSSR count). The van der Waals surface area contributed by atoms with Gasteiger partial charge in [-0.05, 0) is 43.5 Å². The number of imidazole rings is 1. The summed E-state index contributed by atoms with van der Waals surface area (Å²) < 4.78 is 2.21. The van der Waals surface area contributed by atoms with Crippen molar-refractivity contribution >= 4 is 40.1 Å². The van der Waals surface area contributed by atoms with Crippen molar-refractivity contribution in [2.24, 2.45) is 0 Å². The third-order valence-electron chi connectivity index (χ3n) is 4.99. The molecule has 0 unspecified atom stereocenters. The van der Waals surface area contributed by atoms with Gasteiger partial charge in [0.05, 0.1) is 17.6 Å². The second-order valence-electron chi connectivity index (χ2n) is 7.21. The maximum atomic E-state index is 11.5.